The van der Waals surface area contributed by atoms with E-state index in [-0.39, 0.29) is 0 Å². The van der Waals surface area contributed by atoms with E-state index in [0.29, 0.717) is 0 Å². The minimum atomic E-state index is 0.898. The second kappa shape index (κ2) is 18.5. The first-order valence-corrected chi connectivity index (χ1v) is 11.0. The third-order valence-corrected chi connectivity index (χ3v) is 4.98. The average Bonchev–Trinajstić information content (AvgIpc) is 2.46. The Hall–Kier alpha value is 0.480. The lowest BCUT2D eigenvalue weighted by Gasteiger charge is -2.05. The van der Waals surface area contributed by atoms with Crippen molar-refractivity contribution < 1.29 is 0 Å². The van der Waals surface area contributed by atoms with E-state index in [1.54, 1.807) is 0 Å². The summed E-state index contributed by atoms with van der Waals surface area (Å²) in [7, 11) is 0. The van der Waals surface area contributed by atoms with Crippen LogP contribution < -0.4 is 0 Å². The minimum absolute atomic E-state index is 0.898. The van der Waals surface area contributed by atoms with Gasteiger partial charge < -0.3 is 0 Å². The molecule has 0 radical (unpaired) electrons. The molecule has 0 aliphatic carbocycles. The molecule has 0 rings (SSSR count). The summed E-state index contributed by atoms with van der Waals surface area (Å²) in [5, 5.41) is 1.19. The van der Waals surface area contributed by atoms with Gasteiger partial charge in [-0.15, -0.1) is 0 Å². The van der Waals surface area contributed by atoms with Crippen LogP contribution in [0.1, 0.15) is 117 Å². The fourth-order valence-electron chi connectivity index (χ4n) is 2.95. The van der Waals surface area contributed by atoms with Crippen molar-refractivity contribution in [1.82, 2.24) is 0 Å². The third-order valence-electron chi connectivity index (χ3n) is 4.42. The quantitative estimate of drug-likeness (QED) is 0.181. The number of rotatable bonds is 17. The van der Waals surface area contributed by atoms with Gasteiger partial charge in [-0.2, -0.15) is 0 Å². The van der Waals surface area contributed by atoms with Gasteiger partial charge in [-0.05, 0) is 12.3 Å². The zero-order valence-electron chi connectivity index (χ0n) is 15.0. The second-order valence-corrected chi connectivity index (χ2v) is 7.97. The molecule has 0 spiro atoms. The van der Waals surface area contributed by atoms with Crippen molar-refractivity contribution in [2.75, 3.05) is 5.33 Å². The molecule has 0 nitrogen and oxygen atoms in total. The number of halogens is 1. The maximum absolute atomic E-state index is 3.50. The van der Waals surface area contributed by atoms with Gasteiger partial charge in [0, 0.05) is 5.33 Å². The van der Waals surface area contributed by atoms with Crippen LogP contribution in [0, 0.1) is 5.92 Å². The number of hydrogen-bond donors (Lipinski definition) is 0. The van der Waals surface area contributed by atoms with Gasteiger partial charge in [-0.1, -0.05) is 126 Å². The van der Waals surface area contributed by atoms with Crippen LogP contribution in [0.5, 0.6) is 0 Å². The number of hydrogen-bond acceptors (Lipinski definition) is 0. The van der Waals surface area contributed by atoms with Crippen molar-refractivity contribution in [3.8, 4) is 0 Å². The smallest absolute Gasteiger partial charge is 0.00313 e. The fraction of sp³-hybridized carbons (Fsp3) is 1.00. The van der Waals surface area contributed by atoms with Gasteiger partial charge in [-0.25, -0.2) is 0 Å². The summed E-state index contributed by atoms with van der Waals surface area (Å²) in [5.41, 5.74) is 0. The van der Waals surface area contributed by atoms with E-state index in [1.807, 2.05) is 0 Å². The van der Waals surface area contributed by atoms with Crippen LogP contribution in [0.15, 0.2) is 0 Å². The van der Waals surface area contributed by atoms with Crippen molar-refractivity contribution in [2.24, 2.45) is 5.92 Å². The lowest BCUT2D eigenvalue weighted by atomic mass is 10.0. The molecule has 0 N–H and O–H groups in total. The van der Waals surface area contributed by atoms with Crippen LogP contribution in [0.3, 0.4) is 0 Å². The number of alkyl halides is 1. The maximum atomic E-state index is 3.50. The van der Waals surface area contributed by atoms with Crippen LogP contribution in [-0.4, -0.2) is 5.33 Å². The predicted molar refractivity (Wildman–Crippen MR) is 103 cm³/mol. The van der Waals surface area contributed by atoms with Crippen LogP contribution in [-0.2, 0) is 0 Å². The largest absolute Gasteiger partial charge is 0.0928 e. The summed E-state index contributed by atoms with van der Waals surface area (Å²) in [5.74, 6) is 0.898. The summed E-state index contributed by atoms with van der Waals surface area (Å²) in [6, 6.07) is 0. The predicted octanol–water partition coefficient (Wildman–Crippen LogP) is 8.28. The molecule has 21 heavy (non-hydrogen) atoms. The highest BCUT2D eigenvalue weighted by molar-refractivity contribution is 9.09. The van der Waals surface area contributed by atoms with E-state index in [2.05, 4.69) is 29.8 Å². The monoisotopic (exact) mass is 360 g/mol. The Morgan fingerprint density at radius 1 is 0.476 bits per heavy atom. The Morgan fingerprint density at radius 3 is 1.05 bits per heavy atom. The lowest BCUT2D eigenvalue weighted by Crippen LogP contribution is -1.87. The zero-order valence-corrected chi connectivity index (χ0v) is 16.6. The first kappa shape index (κ1) is 21.5. The first-order valence-electron chi connectivity index (χ1n) is 9.83. The molecule has 1 heteroatoms. The summed E-state index contributed by atoms with van der Waals surface area (Å²) < 4.78 is 0. The summed E-state index contributed by atoms with van der Waals surface area (Å²) in [4.78, 5) is 0. The van der Waals surface area contributed by atoms with E-state index in [4.69, 9.17) is 0 Å². The van der Waals surface area contributed by atoms with Crippen LogP contribution in [0.4, 0.5) is 0 Å². The Bertz CT molecular complexity index is 177. The van der Waals surface area contributed by atoms with Crippen LogP contribution in [0.2, 0.25) is 0 Å². The summed E-state index contributed by atoms with van der Waals surface area (Å²) in [6.45, 7) is 4.67. The van der Waals surface area contributed by atoms with E-state index < -0.39 is 0 Å². The van der Waals surface area contributed by atoms with Crippen molar-refractivity contribution in [2.45, 2.75) is 117 Å². The van der Waals surface area contributed by atoms with Crippen LogP contribution >= 0.6 is 15.9 Å². The van der Waals surface area contributed by atoms with Gasteiger partial charge >= 0.3 is 0 Å². The van der Waals surface area contributed by atoms with Gasteiger partial charge in [0.1, 0.15) is 0 Å². The van der Waals surface area contributed by atoms with E-state index >= 15 is 0 Å². The van der Waals surface area contributed by atoms with E-state index in [9.17, 15) is 0 Å². The highest BCUT2D eigenvalue weighted by atomic mass is 79.9. The molecule has 0 amide bonds. The van der Waals surface area contributed by atoms with Gasteiger partial charge in [0.15, 0.2) is 0 Å². The standard InChI is InChI=1S/C20H41Br/c1-20(2)18-16-14-12-10-8-6-4-3-5-7-9-11-13-15-17-19-21/h20H,3-19H2,1-2H3. The molecule has 0 saturated heterocycles. The zero-order chi connectivity index (χ0) is 15.6. The molecule has 0 fully saturated rings. The van der Waals surface area contributed by atoms with Crippen molar-refractivity contribution >= 4 is 15.9 Å². The fourth-order valence-corrected chi connectivity index (χ4v) is 3.34. The molecule has 0 aromatic rings. The third kappa shape index (κ3) is 20.5. The van der Waals surface area contributed by atoms with Gasteiger partial charge in [0.2, 0.25) is 0 Å². The molecule has 0 aliphatic rings. The highest BCUT2D eigenvalue weighted by Crippen LogP contribution is 2.14. The molecule has 0 aromatic heterocycles. The molecular weight excluding hydrogens is 320 g/mol. The maximum Gasteiger partial charge on any atom is 0.00313 e. The Labute approximate surface area is 144 Å². The summed E-state index contributed by atoms with van der Waals surface area (Å²) >= 11 is 3.50. The average molecular weight is 361 g/mol. The van der Waals surface area contributed by atoms with Crippen molar-refractivity contribution in [3.05, 3.63) is 0 Å². The summed E-state index contributed by atoms with van der Waals surface area (Å²) in [6.07, 6.45) is 23.3. The first-order chi connectivity index (χ1) is 10.3. The molecule has 128 valence electrons. The van der Waals surface area contributed by atoms with E-state index in [0.717, 1.165) is 5.92 Å². The minimum Gasteiger partial charge on any atom is -0.0928 e. The van der Waals surface area contributed by atoms with Crippen molar-refractivity contribution in [3.63, 3.8) is 0 Å². The molecule has 0 atom stereocenters. The number of unbranched alkanes of at least 4 members (excludes halogenated alkanes) is 14. The van der Waals surface area contributed by atoms with Gasteiger partial charge in [0.05, 0.1) is 0 Å². The van der Waals surface area contributed by atoms with E-state index in [1.165, 1.54) is 108 Å². The van der Waals surface area contributed by atoms with Crippen LogP contribution in [0.25, 0.3) is 0 Å². The normalized spacial score (nSPS) is 11.4. The highest BCUT2D eigenvalue weighted by Gasteiger charge is 1.96. The Balaban J connectivity index is 2.93. The molecular formula is C20H41Br. The molecule has 0 aliphatic heterocycles. The lowest BCUT2D eigenvalue weighted by molar-refractivity contribution is 0.502. The molecule has 0 bridgehead atoms. The Morgan fingerprint density at radius 2 is 0.762 bits per heavy atom. The topological polar surface area (TPSA) is 0 Å². The van der Waals surface area contributed by atoms with Gasteiger partial charge in [-0.3, -0.25) is 0 Å². The SMILES string of the molecule is CC(C)CCCCCCCCCCCCCCCCCBr. The van der Waals surface area contributed by atoms with Gasteiger partial charge in [0.25, 0.3) is 0 Å². The molecule has 0 aromatic carbocycles. The second-order valence-electron chi connectivity index (χ2n) is 7.17. The molecule has 0 saturated carbocycles. The van der Waals surface area contributed by atoms with Crippen molar-refractivity contribution in [1.29, 1.82) is 0 Å². The molecule has 0 unspecified atom stereocenters. The molecule has 0 heterocycles. The Kier molecular flexibility index (Phi) is 19.0.